The van der Waals surface area contributed by atoms with Gasteiger partial charge in [-0.05, 0) is 13.8 Å². The maximum atomic E-state index is 10.9. The molecule has 0 N–H and O–H groups in total. The minimum Gasteiger partial charge on any atom is -0.258 e. The van der Waals surface area contributed by atoms with Crippen LogP contribution >= 0.6 is 0 Å². The van der Waals surface area contributed by atoms with Gasteiger partial charge in [-0.3, -0.25) is 10.1 Å². The van der Waals surface area contributed by atoms with Crippen LogP contribution in [0.3, 0.4) is 0 Å². The number of nitrogens with zero attached hydrogens (tertiary/aromatic N) is 2. The first kappa shape index (κ1) is 19.5. The number of fused-ring (bicyclic) bond motifs is 1. The topological polar surface area (TPSA) is 138 Å². The average Bonchev–Trinajstić information content (AvgIpc) is 2.58. The second-order valence-corrected chi connectivity index (χ2v) is 6.45. The SMILES string of the molecule is CCC[N+]1=C(C)C(C)(C)c2cc([N+](=O)[O-])ccc21.[O-][Cl+3]([O-])([O-])[O-]. The van der Waals surface area contributed by atoms with Crippen LogP contribution in [0, 0.1) is 20.4 Å². The van der Waals surface area contributed by atoms with Gasteiger partial charge in [-0.15, -0.1) is 10.2 Å². The van der Waals surface area contributed by atoms with Crippen molar-refractivity contribution >= 4 is 17.1 Å². The Balaban J connectivity index is 0.000000463. The van der Waals surface area contributed by atoms with E-state index in [0.717, 1.165) is 24.2 Å². The summed E-state index contributed by atoms with van der Waals surface area (Å²) in [6.45, 7) is 9.46. The highest BCUT2D eigenvalue weighted by Crippen LogP contribution is 2.41. The second-order valence-electron chi connectivity index (χ2n) is 5.70. The van der Waals surface area contributed by atoms with Crippen LogP contribution in [0.25, 0.3) is 0 Å². The quantitative estimate of drug-likeness (QED) is 0.376. The van der Waals surface area contributed by atoms with E-state index in [1.807, 2.05) is 6.07 Å². The molecule has 1 aliphatic rings. The zero-order valence-electron chi connectivity index (χ0n) is 13.4. The number of benzene rings is 1. The van der Waals surface area contributed by atoms with Gasteiger partial charge in [-0.1, -0.05) is 6.92 Å². The summed E-state index contributed by atoms with van der Waals surface area (Å²) < 4.78 is 36.2. The van der Waals surface area contributed by atoms with Gasteiger partial charge in [0.05, 0.1) is 10.3 Å². The number of halogens is 1. The van der Waals surface area contributed by atoms with Crippen LogP contribution in [0.4, 0.5) is 11.4 Å². The smallest absolute Gasteiger partial charge is 0.258 e. The zero-order valence-corrected chi connectivity index (χ0v) is 14.1. The third kappa shape index (κ3) is 4.69. The van der Waals surface area contributed by atoms with Crippen molar-refractivity contribution < 1.29 is 38.4 Å². The van der Waals surface area contributed by atoms with Gasteiger partial charge in [0.15, 0.2) is 5.71 Å². The van der Waals surface area contributed by atoms with Crippen molar-refractivity contribution in [1.82, 2.24) is 0 Å². The minimum atomic E-state index is -4.94. The first-order valence-electron chi connectivity index (χ1n) is 6.91. The summed E-state index contributed by atoms with van der Waals surface area (Å²) in [4.78, 5) is 10.6. The summed E-state index contributed by atoms with van der Waals surface area (Å²) in [5, 5.41) is 10.9. The Hall–Kier alpha value is -1.58. The normalized spacial score (nSPS) is 15.8. The molecule has 1 aliphatic heterocycles. The Labute approximate surface area is 136 Å². The fourth-order valence-corrected chi connectivity index (χ4v) is 2.60. The molecular formula is C14H19ClN2O6. The monoisotopic (exact) mass is 346 g/mol. The van der Waals surface area contributed by atoms with E-state index in [0.29, 0.717) is 0 Å². The van der Waals surface area contributed by atoms with Crippen LogP contribution in [0.15, 0.2) is 18.2 Å². The summed E-state index contributed by atoms with van der Waals surface area (Å²) in [5.74, 6) is 0. The van der Waals surface area contributed by atoms with Crippen LogP contribution in [-0.2, 0) is 5.41 Å². The van der Waals surface area contributed by atoms with E-state index in [-0.39, 0.29) is 16.0 Å². The predicted octanol–water partition coefficient (Wildman–Crippen LogP) is -1.36. The van der Waals surface area contributed by atoms with E-state index < -0.39 is 10.2 Å². The van der Waals surface area contributed by atoms with E-state index >= 15 is 0 Å². The van der Waals surface area contributed by atoms with Crippen molar-refractivity contribution in [2.45, 2.75) is 39.5 Å². The average molecular weight is 347 g/mol. The molecule has 0 radical (unpaired) electrons. The molecule has 0 saturated carbocycles. The highest BCUT2D eigenvalue weighted by atomic mass is 35.7. The minimum absolute atomic E-state index is 0.128. The van der Waals surface area contributed by atoms with Gasteiger partial charge in [0, 0.05) is 37.1 Å². The molecule has 0 fully saturated rings. The summed E-state index contributed by atoms with van der Waals surface area (Å²) >= 11 is 0. The molecule has 0 spiro atoms. The summed E-state index contributed by atoms with van der Waals surface area (Å²) in [7, 11) is -4.94. The number of nitro benzene ring substituents is 1. The Morgan fingerprint density at radius 1 is 1.22 bits per heavy atom. The number of hydrogen-bond acceptors (Lipinski definition) is 6. The van der Waals surface area contributed by atoms with Gasteiger partial charge in [0.25, 0.3) is 5.69 Å². The number of nitro groups is 1. The fourth-order valence-electron chi connectivity index (χ4n) is 2.60. The van der Waals surface area contributed by atoms with Crippen molar-refractivity contribution in [3.63, 3.8) is 0 Å². The molecule has 1 heterocycles. The van der Waals surface area contributed by atoms with Crippen LogP contribution in [-0.4, -0.2) is 21.8 Å². The third-order valence-electron chi connectivity index (χ3n) is 3.91. The van der Waals surface area contributed by atoms with Crippen LogP contribution < -0.4 is 18.6 Å². The lowest BCUT2D eigenvalue weighted by molar-refractivity contribution is -2.00. The molecular weight excluding hydrogens is 328 g/mol. The van der Waals surface area contributed by atoms with E-state index in [1.165, 1.54) is 5.71 Å². The molecule has 0 bridgehead atoms. The Kier molecular flexibility index (Phi) is 5.84. The van der Waals surface area contributed by atoms with E-state index in [1.54, 1.807) is 12.1 Å². The van der Waals surface area contributed by atoms with Crippen LogP contribution in [0.2, 0.25) is 0 Å². The maximum Gasteiger partial charge on any atom is 0.270 e. The van der Waals surface area contributed by atoms with Crippen molar-refractivity contribution in [3.8, 4) is 0 Å². The molecule has 9 heteroatoms. The first-order chi connectivity index (χ1) is 10.4. The lowest BCUT2D eigenvalue weighted by atomic mass is 9.82. The molecule has 0 aromatic heterocycles. The lowest BCUT2D eigenvalue weighted by Crippen LogP contribution is -2.68. The van der Waals surface area contributed by atoms with Gasteiger partial charge in [-0.25, -0.2) is 18.6 Å². The maximum absolute atomic E-state index is 10.9. The molecule has 0 atom stereocenters. The predicted molar refractivity (Wildman–Crippen MR) is 71.9 cm³/mol. The largest absolute Gasteiger partial charge is 0.270 e. The van der Waals surface area contributed by atoms with Crippen molar-refractivity contribution in [3.05, 3.63) is 33.9 Å². The molecule has 23 heavy (non-hydrogen) atoms. The van der Waals surface area contributed by atoms with Gasteiger partial charge in [-0.2, -0.15) is 4.58 Å². The first-order valence-corrected chi connectivity index (χ1v) is 8.15. The number of hydrogen-bond donors (Lipinski definition) is 0. The summed E-state index contributed by atoms with van der Waals surface area (Å²) in [6, 6.07) is 5.19. The Morgan fingerprint density at radius 3 is 2.17 bits per heavy atom. The highest BCUT2D eigenvalue weighted by molar-refractivity contribution is 5.93. The molecule has 128 valence electrons. The van der Waals surface area contributed by atoms with Crippen LogP contribution in [0.1, 0.15) is 39.7 Å². The molecule has 1 aromatic rings. The highest BCUT2D eigenvalue weighted by Gasteiger charge is 2.43. The summed E-state index contributed by atoms with van der Waals surface area (Å²) in [5.41, 5.74) is 3.48. The molecule has 1 aromatic carbocycles. The van der Waals surface area contributed by atoms with Gasteiger partial charge in [0.1, 0.15) is 6.54 Å². The number of rotatable bonds is 3. The molecule has 0 aliphatic carbocycles. The zero-order chi connectivity index (χ0) is 18.0. The second kappa shape index (κ2) is 6.90. The van der Waals surface area contributed by atoms with E-state index in [4.69, 9.17) is 18.6 Å². The van der Waals surface area contributed by atoms with Gasteiger partial charge in [0.2, 0.25) is 5.69 Å². The van der Waals surface area contributed by atoms with Crippen LogP contribution in [0.5, 0.6) is 0 Å². The van der Waals surface area contributed by atoms with Gasteiger partial charge < -0.3 is 0 Å². The molecule has 2 rings (SSSR count). The standard InChI is InChI=1S/C14H19N2O2.ClHO4/c1-5-8-15-10(2)14(3,4)12-9-11(16(17)18)6-7-13(12)15;2-1(3,4)5/h6-7,9H,5,8H2,1-4H3;(H,2,3,4,5)/q+1;/p-1. The molecule has 0 saturated heterocycles. The van der Waals surface area contributed by atoms with Crippen molar-refractivity contribution in [2.24, 2.45) is 0 Å². The van der Waals surface area contributed by atoms with Crippen molar-refractivity contribution in [2.75, 3.05) is 6.54 Å². The Bertz CT molecular complexity index is 631. The lowest BCUT2D eigenvalue weighted by Gasteiger charge is -2.17. The third-order valence-corrected chi connectivity index (χ3v) is 3.91. The Morgan fingerprint density at radius 2 is 1.74 bits per heavy atom. The summed E-state index contributed by atoms with van der Waals surface area (Å²) in [6.07, 6.45) is 1.06. The van der Waals surface area contributed by atoms with E-state index in [9.17, 15) is 10.1 Å². The fraction of sp³-hybridized carbons (Fsp3) is 0.500. The van der Waals surface area contributed by atoms with Gasteiger partial charge >= 0.3 is 0 Å². The molecule has 0 unspecified atom stereocenters. The van der Waals surface area contributed by atoms with Crippen molar-refractivity contribution in [1.29, 1.82) is 0 Å². The molecule has 0 amide bonds. The molecule has 8 nitrogen and oxygen atoms in total. The van der Waals surface area contributed by atoms with E-state index in [2.05, 4.69) is 32.3 Å². The number of non-ortho nitro benzene ring substituents is 1.